The maximum Gasteiger partial charge on any atom is 0.249 e. The molecule has 14 heavy (non-hydrogen) atoms. The van der Waals surface area contributed by atoms with Crippen molar-refractivity contribution in [1.82, 2.24) is 10.2 Å². The lowest BCUT2D eigenvalue weighted by atomic mass is 9.81. The van der Waals surface area contributed by atoms with Crippen LogP contribution in [0.25, 0.3) is 0 Å². The Morgan fingerprint density at radius 1 is 1.50 bits per heavy atom. The molecule has 1 unspecified atom stereocenters. The van der Waals surface area contributed by atoms with Gasteiger partial charge in [-0.15, -0.1) is 10.2 Å². The van der Waals surface area contributed by atoms with Gasteiger partial charge in [-0.1, -0.05) is 0 Å². The second-order valence-corrected chi connectivity index (χ2v) is 3.73. The maximum atomic E-state index is 12.5. The average molecular weight is 203 g/mol. The molecule has 1 atom stereocenters. The Labute approximate surface area is 79.5 Å². The Balaban J connectivity index is 2.05. The van der Waals surface area contributed by atoms with E-state index in [9.17, 15) is 8.78 Å². The summed E-state index contributed by atoms with van der Waals surface area (Å²) in [6, 6.07) is -0.350. The summed E-state index contributed by atoms with van der Waals surface area (Å²) in [5, 5.41) is 7.37. The van der Waals surface area contributed by atoms with Crippen molar-refractivity contribution >= 4 is 0 Å². The van der Waals surface area contributed by atoms with Gasteiger partial charge in [0, 0.05) is 18.8 Å². The fraction of sp³-hybridized carbons (Fsp3) is 0.750. The molecule has 1 aromatic rings. The smallest absolute Gasteiger partial charge is 0.249 e. The molecule has 6 heteroatoms. The lowest BCUT2D eigenvalue weighted by molar-refractivity contribution is -0.0919. The molecule has 1 aromatic heterocycles. The molecule has 1 saturated carbocycles. The Bertz CT molecular complexity index is 329. The molecule has 0 spiro atoms. The van der Waals surface area contributed by atoms with Gasteiger partial charge in [-0.3, -0.25) is 0 Å². The van der Waals surface area contributed by atoms with Crippen LogP contribution in [0, 0.1) is 0 Å². The summed E-state index contributed by atoms with van der Waals surface area (Å²) >= 11 is 0. The molecular weight excluding hydrogens is 192 g/mol. The lowest BCUT2D eigenvalue weighted by Gasteiger charge is -2.32. The van der Waals surface area contributed by atoms with Gasteiger partial charge in [0.15, 0.2) is 0 Å². The van der Waals surface area contributed by atoms with E-state index in [1.54, 1.807) is 6.92 Å². The molecule has 1 aliphatic carbocycles. The van der Waals surface area contributed by atoms with E-state index in [-0.39, 0.29) is 30.7 Å². The van der Waals surface area contributed by atoms with Gasteiger partial charge < -0.3 is 10.2 Å². The number of aromatic nitrogens is 2. The van der Waals surface area contributed by atoms with Crippen LogP contribution >= 0.6 is 0 Å². The monoisotopic (exact) mass is 203 g/mol. The van der Waals surface area contributed by atoms with E-state index in [0.717, 1.165) is 0 Å². The Kier molecular flexibility index (Phi) is 2.02. The third kappa shape index (κ3) is 1.61. The highest BCUT2D eigenvalue weighted by molar-refractivity contribution is 5.04. The molecule has 78 valence electrons. The van der Waals surface area contributed by atoms with Gasteiger partial charge in [0.05, 0.1) is 6.04 Å². The first-order valence-electron chi connectivity index (χ1n) is 4.45. The van der Waals surface area contributed by atoms with Gasteiger partial charge in [0.2, 0.25) is 17.7 Å². The first kappa shape index (κ1) is 9.51. The summed E-state index contributed by atoms with van der Waals surface area (Å²) in [5.41, 5.74) is 5.50. The number of rotatable bonds is 2. The molecule has 0 aliphatic heterocycles. The van der Waals surface area contributed by atoms with Crippen LogP contribution in [0.4, 0.5) is 8.78 Å². The van der Waals surface area contributed by atoms with Crippen molar-refractivity contribution in [2.24, 2.45) is 5.73 Å². The normalized spacial score (nSPS) is 23.1. The average Bonchev–Trinajstić information content (AvgIpc) is 2.47. The van der Waals surface area contributed by atoms with Crippen LogP contribution in [-0.2, 0) is 0 Å². The van der Waals surface area contributed by atoms with Crippen molar-refractivity contribution in [2.45, 2.75) is 37.6 Å². The lowest BCUT2D eigenvalue weighted by Crippen LogP contribution is -2.33. The minimum atomic E-state index is -2.56. The molecule has 0 aromatic carbocycles. The Hall–Kier alpha value is -1.04. The molecule has 1 heterocycles. The van der Waals surface area contributed by atoms with Crippen LogP contribution in [0.15, 0.2) is 4.42 Å². The Morgan fingerprint density at radius 3 is 2.57 bits per heavy atom. The van der Waals surface area contributed by atoms with E-state index in [1.807, 2.05) is 0 Å². The molecular formula is C8H11F2N3O. The molecule has 1 aliphatic rings. The standard InChI is InChI=1S/C8H11F2N3O/c1-4(11)6-12-13-7(14-6)5-2-8(9,10)3-5/h4-5H,2-3,11H2,1H3. The van der Waals surface area contributed by atoms with E-state index in [0.29, 0.717) is 5.89 Å². The number of hydrogen-bond acceptors (Lipinski definition) is 4. The second kappa shape index (κ2) is 2.98. The fourth-order valence-electron chi connectivity index (χ4n) is 1.43. The zero-order valence-corrected chi connectivity index (χ0v) is 7.70. The minimum absolute atomic E-state index is 0.201. The summed E-state index contributed by atoms with van der Waals surface area (Å²) in [4.78, 5) is 0. The number of alkyl halides is 2. The van der Waals surface area contributed by atoms with Gasteiger partial charge in [-0.05, 0) is 6.92 Å². The van der Waals surface area contributed by atoms with Crippen LogP contribution in [0.1, 0.15) is 43.5 Å². The third-order valence-electron chi connectivity index (χ3n) is 2.29. The van der Waals surface area contributed by atoms with Crippen LogP contribution in [0.2, 0.25) is 0 Å². The van der Waals surface area contributed by atoms with Gasteiger partial charge in [-0.2, -0.15) is 0 Å². The molecule has 1 fully saturated rings. The number of nitrogens with two attached hydrogens (primary N) is 1. The van der Waals surface area contributed by atoms with Crippen molar-refractivity contribution in [3.8, 4) is 0 Å². The highest BCUT2D eigenvalue weighted by atomic mass is 19.3. The number of nitrogens with zero attached hydrogens (tertiary/aromatic N) is 2. The van der Waals surface area contributed by atoms with Crippen molar-refractivity contribution in [1.29, 1.82) is 0 Å². The van der Waals surface area contributed by atoms with Crippen LogP contribution in [-0.4, -0.2) is 16.1 Å². The van der Waals surface area contributed by atoms with Crippen LogP contribution < -0.4 is 5.73 Å². The molecule has 0 radical (unpaired) electrons. The zero-order valence-electron chi connectivity index (χ0n) is 7.70. The summed E-state index contributed by atoms with van der Waals surface area (Å²) < 4.78 is 30.2. The van der Waals surface area contributed by atoms with Crippen LogP contribution in [0.3, 0.4) is 0 Å². The van der Waals surface area contributed by atoms with E-state index < -0.39 is 5.92 Å². The van der Waals surface area contributed by atoms with Crippen molar-refractivity contribution in [3.63, 3.8) is 0 Å². The topological polar surface area (TPSA) is 64.9 Å². The third-order valence-corrected chi connectivity index (χ3v) is 2.29. The fourth-order valence-corrected chi connectivity index (χ4v) is 1.43. The summed E-state index contributed by atoms with van der Waals surface area (Å²) in [5.74, 6) is -2.28. The minimum Gasteiger partial charge on any atom is -0.423 e. The molecule has 4 nitrogen and oxygen atoms in total. The predicted octanol–water partition coefficient (Wildman–Crippen LogP) is 1.60. The summed E-state index contributed by atoms with van der Waals surface area (Å²) in [6.07, 6.45) is -0.402. The predicted molar refractivity (Wildman–Crippen MR) is 43.8 cm³/mol. The highest BCUT2D eigenvalue weighted by Gasteiger charge is 2.48. The zero-order chi connectivity index (χ0) is 10.3. The van der Waals surface area contributed by atoms with Crippen molar-refractivity contribution in [2.75, 3.05) is 0 Å². The van der Waals surface area contributed by atoms with E-state index in [4.69, 9.17) is 10.2 Å². The molecule has 0 bridgehead atoms. The number of hydrogen-bond donors (Lipinski definition) is 1. The second-order valence-electron chi connectivity index (χ2n) is 3.73. The maximum absolute atomic E-state index is 12.5. The SMILES string of the molecule is CC(N)c1nnc(C2CC(F)(F)C2)o1. The van der Waals surface area contributed by atoms with E-state index in [2.05, 4.69) is 10.2 Å². The molecule has 0 amide bonds. The van der Waals surface area contributed by atoms with E-state index >= 15 is 0 Å². The van der Waals surface area contributed by atoms with Crippen molar-refractivity contribution < 1.29 is 13.2 Å². The molecule has 2 rings (SSSR count). The molecule has 2 N–H and O–H groups in total. The summed E-state index contributed by atoms with van der Waals surface area (Å²) in [7, 11) is 0. The van der Waals surface area contributed by atoms with Crippen LogP contribution in [0.5, 0.6) is 0 Å². The highest BCUT2D eigenvalue weighted by Crippen LogP contribution is 2.47. The quantitative estimate of drug-likeness (QED) is 0.792. The largest absolute Gasteiger partial charge is 0.423 e. The summed E-state index contributed by atoms with van der Waals surface area (Å²) in [6.45, 7) is 1.70. The first-order chi connectivity index (χ1) is 6.48. The van der Waals surface area contributed by atoms with Crippen molar-refractivity contribution in [3.05, 3.63) is 11.8 Å². The van der Waals surface area contributed by atoms with Gasteiger partial charge in [-0.25, -0.2) is 8.78 Å². The first-order valence-corrected chi connectivity index (χ1v) is 4.45. The molecule has 0 saturated heterocycles. The Morgan fingerprint density at radius 2 is 2.14 bits per heavy atom. The van der Waals surface area contributed by atoms with Gasteiger partial charge in [0.25, 0.3) is 0 Å². The van der Waals surface area contributed by atoms with Gasteiger partial charge >= 0.3 is 0 Å². The van der Waals surface area contributed by atoms with Gasteiger partial charge in [0.1, 0.15) is 0 Å². The number of halogens is 2. The van der Waals surface area contributed by atoms with E-state index in [1.165, 1.54) is 0 Å².